The van der Waals surface area contributed by atoms with Crippen LogP contribution in [0.4, 0.5) is 0 Å². The van der Waals surface area contributed by atoms with Crippen LogP contribution in [0.15, 0.2) is 0 Å². The largest absolute Gasteiger partial charge is 0.379 e. The predicted octanol–water partition coefficient (Wildman–Crippen LogP) is 2.73. The van der Waals surface area contributed by atoms with E-state index in [1.165, 1.54) is 12.8 Å². The van der Waals surface area contributed by atoms with Crippen molar-refractivity contribution in [2.24, 2.45) is 11.7 Å². The molecule has 0 aliphatic heterocycles. The monoisotopic (exact) mass is 243 g/mol. The Morgan fingerprint density at radius 1 is 1.29 bits per heavy atom. The summed E-state index contributed by atoms with van der Waals surface area (Å²) in [7, 11) is 1.75. The lowest BCUT2D eigenvalue weighted by atomic mass is 9.79. The minimum Gasteiger partial charge on any atom is -0.379 e. The van der Waals surface area contributed by atoms with Gasteiger partial charge in [0.1, 0.15) is 0 Å². The van der Waals surface area contributed by atoms with Crippen LogP contribution in [-0.2, 0) is 9.47 Å². The van der Waals surface area contributed by atoms with Crippen molar-refractivity contribution in [3.8, 4) is 0 Å². The average Bonchev–Trinajstić information content (AvgIpc) is 2.32. The maximum Gasteiger partial charge on any atom is 0.0804 e. The third-order valence-electron chi connectivity index (χ3n) is 4.22. The van der Waals surface area contributed by atoms with Crippen molar-refractivity contribution < 1.29 is 9.47 Å². The zero-order valence-electron chi connectivity index (χ0n) is 11.9. The van der Waals surface area contributed by atoms with E-state index in [2.05, 4.69) is 20.8 Å². The van der Waals surface area contributed by atoms with Gasteiger partial charge in [-0.2, -0.15) is 0 Å². The van der Waals surface area contributed by atoms with E-state index in [4.69, 9.17) is 15.2 Å². The highest BCUT2D eigenvalue weighted by Gasteiger charge is 2.34. The fourth-order valence-corrected chi connectivity index (χ4v) is 2.31. The molecule has 1 rings (SSSR count). The molecule has 3 heteroatoms. The molecule has 0 spiro atoms. The summed E-state index contributed by atoms with van der Waals surface area (Å²) in [5.74, 6) is 0.827. The maximum absolute atomic E-state index is 6.10. The summed E-state index contributed by atoms with van der Waals surface area (Å²) in [4.78, 5) is 0. The van der Waals surface area contributed by atoms with E-state index in [1.807, 2.05) is 0 Å². The van der Waals surface area contributed by atoms with Gasteiger partial charge in [0, 0.05) is 13.7 Å². The fourth-order valence-electron chi connectivity index (χ4n) is 2.31. The van der Waals surface area contributed by atoms with Gasteiger partial charge in [0.05, 0.1) is 17.8 Å². The van der Waals surface area contributed by atoms with Crippen LogP contribution < -0.4 is 5.73 Å². The van der Waals surface area contributed by atoms with Crippen molar-refractivity contribution in [3.05, 3.63) is 0 Å². The number of ether oxygens (including phenoxy) is 2. The quantitative estimate of drug-likeness (QED) is 0.780. The van der Waals surface area contributed by atoms with E-state index < -0.39 is 0 Å². The number of hydrogen-bond acceptors (Lipinski definition) is 3. The first-order valence-electron chi connectivity index (χ1n) is 6.82. The fraction of sp³-hybridized carbons (Fsp3) is 1.00. The van der Waals surface area contributed by atoms with E-state index in [0.29, 0.717) is 6.54 Å². The molecule has 0 heterocycles. The van der Waals surface area contributed by atoms with E-state index in [-0.39, 0.29) is 11.2 Å². The lowest BCUT2D eigenvalue weighted by molar-refractivity contribution is -0.0916. The van der Waals surface area contributed by atoms with Crippen LogP contribution in [0.1, 0.15) is 52.9 Å². The number of methoxy groups -OCH3 is 1. The van der Waals surface area contributed by atoms with Gasteiger partial charge in [-0.05, 0) is 51.9 Å². The molecular formula is C14H29NO2. The number of rotatable bonds is 6. The van der Waals surface area contributed by atoms with E-state index in [0.717, 1.165) is 31.8 Å². The van der Waals surface area contributed by atoms with Gasteiger partial charge in [-0.3, -0.25) is 0 Å². The standard InChI is InChI=1S/C14H29NO2/c1-12-5-7-14(11-15,8-6-12)17-10-9-13(2,3)16-4/h12H,5-11,15H2,1-4H3. The molecule has 2 N–H and O–H groups in total. The summed E-state index contributed by atoms with van der Waals surface area (Å²) in [6, 6.07) is 0. The Labute approximate surface area is 106 Å². The van der Waals surface area contributed by atoms with Gasteiger partial charge in [0.25, 0.3) is 0 Å². The van der Waals surface area contributed by atoms with Gasteiger partial charge in [0.2, 0.25) is 0 Å². The summed E-state index contributed by atoms with van der Waals surface area (Å²) in [5, 5.41) is 0. The van der Waals surface area contributed by atoms with Crippen molar-refractivity contribution in [3.63, 3.8) is 0 Å². The summed E-state index contributed by atoms with van der Waals surface area (Å²) in [6.45, 7) is 7.89. The Hall–Kier alpha value is -0.120. The molecule has 1 aliphatic rings. The molecule has 0 aromatic heterocycles. The van der Waals surface area contributed by atoms with Crippen molar-refractivity contribution in [2.75, 3.05) is 20.3 Å². The second-order valence-electron chi connectivity index (χ2n) is 6.13. The van der Waals surface area contributed by atoms with Crippen LogP contribution in [0.3, 0.4) is 0 Å². The Bertz CT molecular complexity index is 220. The van der Waals surface area contributed by atoms with Crippen LogP contribution in [0.25, 0.3) is 0 Å². The van der Waals surface area contributed by atoms with Crippen molar-refractivity contribution in [1.82, 2.24) is 0 Å². The second kappa shape index (κ2) is 6.17. The normalized spacial score (nSPS) is 30.5. The van der Waals surface area contributed by atoms with Crippen LogP contribution >= 0.6 is 0 Å². The Morgan fingerprint density at radius 2 is 1.88 bits per heavy atom. The minimum atomic E-state index is -0.0995. The topological polar surface area (TPSA) is 44.5 Å². The van der Waals surface area contributed by atoms with Crippen LogP contribution in [-0.4, -0.2) is 31.5 Å². The molecule has 0 atom stereocenters. The Kier molecular flexibility index (Phi) is 5.42. The minimum absolute atomic E-state index is 0.0592. The molecule has 17 heavy (non-hydrogen) atoms. The summed E-state index contributed by atoms with van der Waals surface area (Å²) in [6.07, 6.45) is 5.62. The van der Waals surface area contributed by atoms with Crippen LogP contribution in [0, 0.1) is 5.92 Å². The molecule has 1 aliphatic carbocycles. The third-order valence-corrected chi connectivity index (χ3v) is 4.22. The highest BCUT2D eigenvalue weighted by molar-refractivity contribution is 4.87. The predicted molar refractivity (Wildman–Crippen MR) is 71.1 cm³/mol. The highest BCUT2D eigenvalue weighted by Crippen LogP contribution is 2.34. The summed E-state index contributed by atoms with van der Waals surface area (Å²) >= 11 is 0. The molecular weight excluding hydrogens is 214 g/mol. The molecule has 0 bridgehead atoms. The van der Waals surface area contributed by atoms with Gasteiger partial charge in [-0.25, -0.2) is 0 Å². The molecule has 0 unspecified atom stereocenters. The van der Waals surface area contributed by atoms with E-state index in [1.54, 1.807) is 7.11 Å². The lowest BCUT2D eigenvalue weighted by Crippen LogP contribution is -2.44. The van der Waals surface area contributed by atoms with Gasteiger partial charge in [-0.15, -0.1) is 0 Å². The summed E-state index contributed by atoms with van der Waals surface area (Å²) in [5.41, 5.74) is 5.75. The van der Waals surface area contributed by atoms with Crippen molar-refractivity contribution >= 4 is 0 Å². The smallest absolute Gasteiger partial charge is 0.0804 e. The molecule has 1 saturated carbocycles. The molecule has 3 nitrogen and oxygen atoms in total. The second-order valence-corrected chi connectivity index (χ2v) is 6.13. The van der Waals surface area contributed by atoms with Crippen LogP contribution in [0.2, 0.25) is 0 Å². The number of nitrogens with two attached hydrogens (primary N) is 1. The first kappa shape index (κ1) is 14.9. The third kappa shape index (κ3) is 4.57. The molecule has 1 fully saturated rings. The zero-order valence-corrected chi connectivity index (χ0v) is 11.9. The highest BCUT2D eigenvalue weighted by atomic mass is 16.5. The van der Waals surface area contributed by atoms with E-state index >= 15 is 0 Å². The van der Waals surface area contributed by atoms with Gasteiger partial charge < -0.3 is 15.2 Å². The van der Waals surface area contributed by atoms with Crippen LogP contribution in [0.5, 0.6) is 0 Å². The first-order chi connectivity index (χ1) is 7.93. The molecule has 0 amide bonds. The molecule has 0 aromatic rings. The van der Waals surface area contributed by atoms with Crippen molar-refractivity contribution in [2.45, 2.75) is 64.1 Å². The first-order valence-corrected chi connectivity index (χ1v) is 6.82. The number of hydrogen-bond donors (Lipinski definition) is 1. The zero-order chi connectivity index (χ0) is 12.9. The van der Waals surface area contributed by atoms with E-state index in [9.17, 15) is 0 Å². The molecule has 102 valence electrons. The molecule has 0 aromatic carbocycles. The van der Waals surface area contributed by atoms with Gasteiger partial charge >= 0.3 is 0 Å². The average molecular weight is 243 g/mol. The summed E-state index contributed by atoms with van der Waals surface area (Å²) < 4.78 is 11.5. The van der Waals surface area contributed by atoms with Gasteiger partial charge in [-0.1, -0.05) is 6.92 Å². The molecule has 0 radical (unpaired) electrons. The SMILES string of the molecule is COC(C)(C)CCOC1(CN)CCC(C)CC1. The molecule has 0 saturated heterocycles. The Balaban J connectivity index is 2.37. The van der Waals surface area contributed by atoms with Gasteiger partial charge in [0.15, 0.2) is 0 Å². The lowest BCUT2D eigenvalue weighted by Gasteiger charge is -2.39. The maximum atomic E-state index is 6.10. The Morgan fingerprint density at radius 3 is 2.35 bits per heavy atom. The van der Waals surface area contributed by atoms with Crippen molar-refractivity contribution in [1.29, 1.82) is 0 Å².